The van der Waals surface area contributed by atoms with Gasteiger partial charge >= 0.3 is 0 Å². The van der Waals surface area contributed by atoms with Crippen LogP contribution in [0.3, 0.4) is 0 Å². The van der Waals surface area contributed by atoms with E-state index in [1.54, 1.807) is 0 Å². The van der Waals surface area contributed by atoms with Gasteiger partial charge in [0.2, 0.25) is 0 Å². The van der Waals surface area contributed by atoms with Gasteiger partial charge in [-0.25, -0.2) is 0 Å². The summed E-state index contributed by atoms with van der Waals surface area (Å²) in [5.74, 6) is 0.896. The predicted octanol–water partition coefficient (Wildman–Crippen LogP) is 3.50. The molecule has 0 aromatic heterocycles. The van der Waals surface area contributed by atoms with Crippen molar-refractivity contribution in [2.24, 2.45) is 5.92 Å². The van der Waals surface area contributed by atoms with Gasteiger partial charge in [-0.05, 0) is 55.7 Å². The molecule has 1 N–H and O–H groups in total. The maximum absolute atomic E-state index is 9.16. The topological polar surface area (TPSA) is 23.5 Å². The summed E-state index contributed by atoms with van der Waals surface area (Å²) in [5, 5.41) is 9.16. The van der Waals surface area contributed by atoms with Crippen LogP contribution in [0, 0.1) is 12.8 Å². The molecule has 1 aromatic carbocycles. The minimum atomic E-state index is 0.131. The van der Waals surface area contributed by atoms with Gasteiger partial charge in [0.25, 0.3) is 0 Å². The Morgan fingerprint density at radius 1 is 1.22 bits per heavy atom. The average Bonchev–Trinajstić information content (AvgIpc) is 2.38. The molecule has 0 radical (unpaired) electrons. The van der Waals surface area contributed by atoms with Gasteiger partial charge in [0.05, 0.1) is 6.61 Å². The number of hydrogen-bond donors (Lipinski definition) is 1. The van der Waals surface area contributed by atoms with E-state index in [0.717, 1.165) is 11.5 Å². The van der Waals surface area contributed by atoms with Crippen LogP contribution in [-0.4, -0.2) is 18.2 Å². The Bertz CT molecular complexity index is 394. The maximum atomic E-state index is 9.16. The Morgan fingerprint density at radius 3 is 2.44 bits per heavy atom. The second kappa shape index (κ2) is 5.75. The van der Waals surface area contributed by atoms with Crippen molar-refractivity contribution in [1.82, 2.24) is 0 Å². The van der Waals surface area contributed by atoms with Gasteiger partial charge in [-0.2, -0.15) is 0 Å². The molecule has 2 nitrogen and oxygen atoms in total. The van der Waals surface area contributed by atoms with E-state index in [1.807, 2.05) is 6.07 Å². The highest BCUT2D eigenvalue weighted by Gasteiger charge is 2.22. The fourth-order valence-corrected chi connectivity index (χ4v) is 3.04. The minimum Gasteiger partial charge on any atom is -0.392 e. The van der Waals surface area contributed by atoms with Crippen LogP contribution in [0.15, 0.2) is 18.2 Å². The lowest BCUT2D eigenvalue weighted by atomic mass is 9.86. The molecule has 0 bridgehead atoms. The zero-order chi connectivity index (χ0) is 13.1. The van der Waals surface area contributed by atoms with E-state index >= 15 is 0 Å². The molecule has 0 unspecified atom stereocenters. The molecule has 1 aliphatic carbocycles. The molecule has 0 spiro atoms. The van der Waals surface area contributed by atoms with Gasteiger partial charge in [-0.1, -0.05) is 19.1 Å². The monoisotopic (exact) mass is 247 g/mol. The van der Waals surface area contributed by atoms with Crippen molar-refractivity contribution in [3.05, 3.63) is 29.3 Å². The highest BCUT2D eigenvalue weighted by molar-refractivity contribution is 5.54. The van der Waals surface area contributed by atoms with E-state index in [9.17, 15) is 0 Å². The Hall–Kier alpha value is -1.02. The van der Waals surface area contributed by atoms with Gasteiger partial charge in [0, 0.05) is 18.8 Å². The summed E-state index contributed by atoms with van der Waals surface area (Å²) in [6.45, 7) is 4.62. The molecule has 18 heavy (non-hydrogen) atoms. The van der Waals surface area contributed by atoms with E-state index in [1.165, 1.54) is 36.9 Å². The first-order valence-corrected chi connectivity index (χ1v) is 7.05. The third-order valence-electron chi connectivity index (χ3n) is 4.36. The first-order chi connectivity index (χ1) is 8.61. The van der Waals surface area contributed by atoms with E-state index in [-0.39, 0.29) is 6.61 Å². The lowest BCUT2D eigenvalue weighted by Crippen LogP contribution is -2.35. The largest absolute Gasteiger partial charge is 0.392 e. The molecule has 2 rings (SSSR count). The molecule has 1 saturated carbocycles. The van der Waals surface area contributed by atoms with Crippen molar-refractivity contribution < 1.29 is 5.11 Å². The molecular formula is C16H25NO. The molecule has 1 aliphatic rings. The first kappa shape index (κ1) is 13.4. The second-order valence-corrected chi connectivity index (χ2v) is 5.80. The van der Waals surface area contributed by atoms with Gasteiger partial charge in [-0.15, -0.1) is 0 Å². The summed E-state index contributed by atoms with van der Waals surface area (Å²) in [6.07, 6.45) is 5.31. The van der Waals surface area contributed by atoms with Crippen LogP contribution in [0.5, 0.6) is 0 Å². The van der Waals surface area contributed by atoms with Crippen LogP contribution in [0.2, 0.25) is 0 Å². The van der Waals surface area contributed by atoms with Crippen LogP contribution in [0.1, 0.15) is 43.7 Å². The molecule has 0 aliphatic heterocycles. The maximum Gasteiger partial charge on any atom is 0.0681 e. The zero-order valence-electron chi connectivity index (χ0n) is 11.8. The number of hydrogen-bond acceptors (Lipinski definition) is 2. The van der Waals surface area contributed by atoms with Crippen LogP contribution < -0.4 is 4.90 Å². The number of aliphatic hydroxyl groups excluding tert-OH is 1. The number of rotatable bonds is 3. The SMILES string of the molecule is Cc1cc(CO)ccc1N(C)C1CCC(C)CC1. The third kappa shape index (κ3) is 2.86. The van der Waals surface area contributed by atoms with Crippen LogP contribution in [0.4, 0.5) is 5.69 Å². The van der Waals surface area contributed by atoms with Crippen molar-refractivity contribution in [3.63, 3.8) is 0 Å². The molecule has 1 aromatic rings. The smallest absolute Gasteiger partial charge is 0.0681 e. The first-order valence-electron chi connectivity index (χ1n) is 7.05. The standard InChI is InChI=1S/C16H25NO/c1-12-4-7-15(8-5-12)17(3)16-9-6-14(11-18)10-13(16)2/h6,9-10,12,15,18H,4-5,7-8,11H2,1-3H3. The molecule has 0 amide bonds. The Labute approximate surface area is 111 Å². The normalized spacial score (nSPS) is 24.0. The molecule has 0 saturated heterocycles. The van der Waals surface area contributed by atoms with Crippen molar-refractivity contribution in [2.45, 2.75) is 52.2 Å². The number of anilines is 1. The molecule has 0 heterocycles. The summed E-state index contributed by atoms with van der Waals surface area (Å²) >= 11 is 0. The quantitative estimate of drug-likeness (QED) is 0.883. The van der Waals surface area contributed by atoms with E-state index in [4.69, 9.17) is 5.11 Å². The van der Waals surface area contributed by atoms with Crippen LogP contribution >= 0.6 is 0 Å². The fraction of sp³-hybridized carbons (Fsp3) is 0.625. The van der Waals surface area contributed by atoms with Crippen LogP contribution in [-0.2, 0) is 6.61 Å². The Morgan fingerprint density at radius 2 is 1.89 bits per heavy atom. The van der Waals surface area contributed by atoms with Gasteiger partial charge in [-0.3, -0.25) is 0 Å². The van der Waals surface area contributed by atoms with Gasteiger partial charge in [0.15, 0.2) is 0 Å². The highest BCUT2D eigenvalue weighted by atomic mass is 16.3. The third-order valence-corrected chi connectivity index (χ3v) is 4.36. The van der Waals surface area contributed by atoms with Gasteiger partial charge in [0.1, 0.15) is 0 Å². The molecule has 1 fully saturated rings. The lowest BCUT2D eigenvalue weighted by Gasteiger charge is -2.36. The highest BCUT2D eigenvalue weighted by Crippen LogP contribution is 2.31. The summed E-state index contributed by atoms with van der Waals surface area (Å²) in [5.41, 5.74) is 3.58. The average molecular weight is 247 g/mol. The number of nitrogens with zero attached hydrogens (tertiary/aromatic N) is 1. The minimum absolute atomic E-state index is 0.131. The zero-order valence-corrected chi connectivity index (χ0v) is 11.8. The molecule has 2 heteroatoms. The summed E-state index contributed by atoms with van der Waals surface area (Å²) in [4.78, 5) is 2.43. The predicted molar refractivity (Wildman–Crippen MR) is 76.9 cm³/mol. The molecule has 100 valence electrons. The van der Waals surface area contributed by atoms with Crippen molar-refractivity contribution in [3.8, 4) is 0 Å². The van der Waals surface area contributed by atoms with E-state index in [0.29, 0.717) is 6.04 Å². The molecular weight excluding hydrogens is 222 g/mol. The van der Waals surface area contributed by atoms with E-state index in [2.05, 4.69) is 37.9 Å². The van der Waals surface area contributed by atoms with Gasteiger partial charge < -0.3 is 10.0 Å². The number of benzene rings is 1. The molecule has 0 atom stereocenters. The fourth-order valence-electron chi connectivity index (χ4n) is 3.04. The second-order valence-electron chi connectivity index (χ2n) is 5.80. The van der Waals surface area contributed by atoms with Crippen molar-refractivity contribution >= 4 is 5.69 Å². The Balaban J connectivity index is 2.11. The van der Waals surface area contributed by atoms with Crippen molar-refractivity contribution in [1.29, 1.82) is 0 Å². The summed E-state index contributed by atoms with van der Waals surface area (Å²) < 4.78 is 0. The van der Waals surface area contributed by atoms with Crippen molar-refractivity contribution in [2.75, 3.05) is 11.9 Å². The Kier molecular flexibility index (Phi) is 4.28. The lowest BCUT2D eigenvalue weighted by molar-refractivity contribution is 0.281. The summed E-state index contributed by atoms with van der Waals surface area (Å²) in [6, 6.07) is 6.96. The number of aliphatic hydroxyl groups is 1. The van der Waals surface area contributed by atoms with E-state index < -0.39 is 0 Å². The summed E-state index contributed by atoms with van der Waals surface area (Å²) in [7, 11) is 2.21. The van der Waals surface area contributed by atoms with Crippen LogP contribution in [0.25, 0.3) is 0 Å². The number of aryl methyl sites for hydroxylation is 1.